The molecule has 5 aromatic rings. The summed E-state index contributed by atoms with van der Waals surface area (Å²) in [5.74, 6) is 1.53. The molecule has 7 heteroatoms. The molecule has 0 saturated carbocycles. The molecule has 0 amide bonds. The largest absolute Gasteiger partial charge is 0.490 e. The monoisotopic (exact) mass is 492 g/mol. The lowest BCUT2D eigenvalue weighted by Crippen LogP contribution is -2.22. The van der Waals surface area contributed by atoms with E-state index in [-0.39, 0.29) is 5.56 Å². The van der Waals surface area contributed by atoms with Gasteiger partial charge < -0.3 is 9.47 Å². The number of fused-ring (bicyclic) bond motifs is 3. The van der Waals surface area contributed by atoms with E-state index in [2.05, 4.69) is 20.9 Å². The summed E-state index contributed by atoms with van der Waals surface area (Å²) in [5, 5.41) is 0. The van der Waals surface area contributed by atoms with Crippen LogP contribution in [0.15, 0.2) is 82.1 Å². The number of para-hydroxylation sites is 2. The molecule has 0 radical (unpaired) electrons. The first-order valence-electron chi connectivity index (χ1n) is 9.70. The van der Waals surface area contributed by atoms with E-state index in [0.717, 1.165) is 32.6 Å². The van der Waals surface area contributed by atoms with E-state index in [1.165, 1.54) is 11.3 Å². The minimum Gasteiger partial charge on any atom is -0.490 e. The van der Waals surface area contributed by atoms with E-state index in [0.29, 0.717) is 22.7 Å². The summed E-state index contributed by atoms with van der Waals surface area (Å²) in [4.78, 5) is 18.2. The quantitative estimate of drug-likeness (QED) is 0.323. The molecule has 5 nitrogen and oxygen atoms in total. The maximum atomic E-state index is 12.9. The Hall–Kier alpha value is -3.16. The summed E-state index contributed by atoms with van der Waals surface area (Å²) in [6.45, 7) is 0.862. The summed E-state index contributed by atoms with van der Waals surface area (Å²) in [7, 11) is 0. The van der Waals surface area contributed by atoms with Gasteiger partial charge >= 0.3 is 0 Å². The zero-order chi connectivity index (χ0) is 21.2. The highest BCUT2D eigenvalue weighted by Gasteiger charge is 2.10. The molecule has 5 rings (SSSR count). The predicted molar refractivity (Wildman–Crippen MR) is 127 cm³/mol. The van der Waals surface area contributed by atoms with Crippen LogP contribution >= 0.6 is 27.3 Å². The zero-order valence-corrected chi connectivity index (χ0v) is 18.7. The highest BCUT2D eigenvalue weighted by Crippen LogP contribution is 2.18. The van der Waals surface area contributed by atoms with Crippen LogP contribution in [0.3, 0.4) is 0 Å². The van der Waals surface area contributed by atoms with Crippen LogP contribution in [0, 0.1) is 0 Å². The minimum atomic E-state index is -0.0529. The van der Waals surface area contributed by atoms with Crippen molar-refractivity contribution in [2.45, 2.75) is 0 Å². The SMILES string of the molecule is O=c1c(=Cc2cccc(OCCOc3ccc(Br)cc3)c2)sc2nc3ccccc3n12. The van der Waals surface area contributed by atoms with Gasteiger partial charge in [-0.3, -0.25) is 4.79 Å². The third-order valence-electron chi connectivity index (χ3n) is 4.74. The fourth-order valence-electron chi connectivity index (χ4n) is 3.31. The average molecular weight is 493 g/mol. The molecule has 0 aliphatic heterocycles. The van der Waals surface area contributed by atoms with Crippen LogP contribution in [-0.4, -0.2) is 22.6 Å². The van der Waals surface area contributed by atoms with Gasteiger partial charge in [0.2, 0.25) is 0 Å². The van der Waals surface area contributed by atoms with Crippen molar-refractivity contribution in [2.75, 3.05) is 13.2 Å². The van der Waals surface area contributed by atoms with Gasteiger partial charge in [0.1, 0.15) is 24.7 Å². The van der Waals surface area contributed by atoms with Crippen LogP contribution in [-0.2, 0) is 0 Å². The minimum absolute atomic E-state index is 0.0529. The van der Waals surface area contributed by atoms with Gasteiger partial charge in [0.05, 0.1) is 15.6 Å². The first-order chi connectivity index (χ1) is 15.2. The number of aromatic nitrogens is 2. The lowest BCUT2D eigenvalue weighted by atomic mass is 10.2. The van der Waals surface area contributed by atoms with Gasteiger partial charge in [-0.25, -0.2) is 9.38 Å². The first kappa shape index (κ1) is 19.8. The van der Waals surface area contributed by atoms with E-state index in [1.54, 1.807) is 4.40 Å². The van der Waals surface area contributed by atoms with E-state index < -0.39 is 0 Å². The fourth-order valence-corrected chi connectivity index (χ4v) is 4.56. The van der Waals surface area contributed by atoms with Crippen molar-refractivity contribution in [1.29, 1.82) is 0 Å². The van der Waals surface area contributed by atoms with Crippen molar-refractivity contribution in [3.63, 3.8) is 0 Å². The number of imidazole rings is 1. The Kier molecular flexibility index (Phi) is 5.44. The third kappa shape index (κ3) is 4.19. The molecule has 31 heavy (non-hydrogen) atoms. The van der Waals surface area contributed by atoms with Crippen molar-refractivity contribution >= 4 is 49.3 Å². The van der Waals surface area contributed by atoms with Gasteiger partial charge in [0.25, 0.3) is 5.56 Å². The molecule has 2 aromatic heterocycles. The molecule has 0 N–H and O–H groups in total. The summed E-state index contributed by atoms with van der Waals surface area (Å²) < 4.78 is 14.8. The maximum absolute atomic E-state index is 12.9. The van der Waals surface area contributed by atoms with Gasteiger partial charge in [-0.15, -0.1) is 0 Å². The van der Waals surface area contributed by atoms with Crippen LogP contribution in [0.25, 0.3) is 22.1 Å². The summed E-state index contributed by atoms with van der Waals surface area (Å²) in [5.41, 5.74) is 2.51. The van der Waals surface area contributed by atoms with Gasteiger partial charge in [0, 0.05) is 4.47 Å². The van der Waals surface area contributed by atoms with Crippen LogP contribution in [0.5, 0.6) is 11.5 Å². The number of nitrogens with zero attached hydrogens (tertiary/aromatic N) is 2. The molecule has 0 bridgehead atoms. The second-order valence-electron chi connectivity index (χ2n) is 6.86. The lowest BCUT2D eigenvalue weighted by molar-refractivity contribution is 0.217. The van der Waals surface area contributed by atoms with E-state index >= 15 is 0 Å². The summed E-state index contributed by atoms with van der Waals surface area (Å²) in [6.07, 6.45) is 1.88. The number of thiazole rings is 1. The van der Waals surface area contributed by atoms with Gasteiger partial charge in [-0.05, 0) is 60.2 Å². The van der Waals surface area contributed by atoms with Crippen LogP contribution in [0.4, 0.5) is 0 Å². The molecule has 0 aliphatic rings. The third-order valence-corrected chi connectivity index (χ3v) is 6.23. The van der Waals surface area contributed by atoms with Crippen LogP contribution in [0.1, 0.15) is 5.56 Å². The molecule has 3 aromatic carbocycles. The van der Waals surface area contributed by atoms with Crippen molar-refractivity contribution in [3.8, 4) is 11.5 Å². The highest BCUT2D eigenvalue weighted by molar-refractivity contribution is 9.10. The van der Waals surface area contributed by atoms with Crippen LogP contribution < -0.4 is 19.6 Å². The second-order valence-corrected chi connectivity index (χ2v) is 8.78. The smallest absolute Gasteiger partial charge is 0.274 e. The normalized spacial score (nSPS) is 12.0. The first-order valence-corrected chi connectivity index (χ1v) is 11.3. The molecule has 154 valence electrons. The van der Waals surface area contributed by atoms with Gasteiger partial charge in [-0.1, -0.05) is 51.5 Å². The Bertz CT molecular complexity index is 1470. The number of ether oxygens (including phenoxy) is 2. The van der Waals surface area contributed by atoms with E-state index in [1.807, 2.05) is 78.9 Å². The Morgan fingerprint density at radius 3 is 2.55 bits per heavy atom. The summed E-state index contributed by atoms with van der Waals surface area (Å²) >= 11 is 4.79. The topological polar surface area (TPSA) is 52.8 Å². The van der Waals surface area contributed by atoms with E-state index in [4.69, 9.17) is 9.47 Å². The Morgan fingerprint density at radius 2 is 1.71 bits per heavy atom. The Balaban J connectivity index is 1.32. The van der Waals surface area contributed by atoms with Gasteiger partial charge in [-0.2, -0.15) is 0 Å². The number of hydrogen-bond donors (Lipinski definition) is 0. The molecule has 0 fully saturated rings. The Morgan fingerprint density at radius 1 is 0.935 bits per heavy atom. The average Bonchev–Trinajstić information content (AvgIpc) is 3.29. The molecule has 0 spiro atoms. The highest BCUT2D eigenvalue weighted by atomic mass is 79.9. The second kappa shape index (κ2) is 8.53. The standard InChI is InChI=1S/C24H17BrN2O3S/c25-17-8-10-18(11-9-17)29-12-13-30-19-5-3-4-16(14-19)15-22-23(28)27-21-7-2-1-6-20(21)26-24(27)31-22/h1-11,14-15H,12-13H2. The fraction of sp³-hybridized carbons (Fsp3) is 0.0833. The number of hydrogen-bond acceptors (Lipinski definition) is 5. The molecule has 0 atom stereocenters. The van der Waals surface area contributed by atoms with Crippen molar-refractivity contribution < 1.29 is 9.47 Å². The molecule has 2 heterocycles. The van der Waals surface area contributed by atoms with Crippen molar-refractivity contribution in [1.82, 2.24) is 9.38 Å². The summed E-state index contributed by atoms with van der Waals surface area (Å²) in [6, 6.07) is 23.0. The number of rotatable bonds is 6. The molecular weight excluding hydrogens is 476 g/mol. The van der Waals surface area contributed by atoms with Crippen LogP contribution in [0.2, 0.25) is 0 Å². The van der Waals surface area contributed by atoms with Gasteiger partial charge in [0.15, 0.2) is 4.96 Å². The number of halogens is 1. The lowest BCUT2D eigenvalue weighted by Gasteiger charge is -2.09. The zero-order valence-electron chi connectivity index (χ0n) is 16.3. The number of benzene rings is 3. The maximum Gasteiger partial charge on any atom is 0.274 e. The Labute approximate surface area is 190 Å². The molecule has 0 unspecified atom stereocenters. The van der Waals surface area contributed by atoms with Crippen molar-refractivity contribution in [2.24, 2.45) is 0 Å². The van der Waals surface area contributed by atoms with Crippen molar-refractivity contribution in [3.05, 3.63) is 97.7 Å². The molecular formula is C24H17BrN2O3S. The predicted octanol–water partition coefficient (Wildman–Crippen LogP) is 4.68. The van der Waals surface area contributed by atoms with E-state index in [9.17, 15) is 4.79 Å². The molecule has 0 aliphatic carbocycles. The molecule has 0 saturated heterocycles.